The molecule has 1 aromatic heterocycles. The number of thiazole rings is 1. The summed E-state index contributed by atoms with van der Waals surface area (Å²) in [6.07, 6.45) is 0.783. The quantitative estimate of drug-likeness (QED) is 0.626. The summed E-state index contributed by atoms with van der Waals surface area (Å²) in [5, 5.41) is 8.43. The van der Waals surface area contributed by atoms with Crippen LogP contribution in [0.25, 0.3) is 0 Å². The molecule has 0 spiro atoms. The highest BCUT2D eigenvalue weighted by Crippen LogP contribution is 2.47. The molecule has 1 saturated carbocycles. The van der Waals surface area contributed by atoms with Crippen molar-refractivity contribution in [2.24, 2.45) is 5.92 Å². The number of nitrogens with one attached hydrogen (secondary N) is 2. The normalized spacial score (nSPS) is 17.6. The highest BCUT2D eigenvalue weighted by molar-refractivity contribution is 7.09. The Labute approximate surface area is 172 Å². The molecule has 0 bridgehead atoms. The lowest BCUT2D eigenvalue weighted by Gasteiger charge is -2.04. The zero-order valence-electron chi connectivity index (χ0n) is 15.6. The predicted octanol–water partition coefficient (Wildman–Crippen LogP) is 3.63. The summed E-state index contributed by atoms with van der Waals surface area (Å²) >= 11 is 1.45. The number of benzene rings is 2. The molecule has 4 rings (SSSR count). The third-order valence-corrected chi connectivity index (χ3v) is 5.80. The van der Waals surface area contributed by atoms with Gasteiger partial charge in [0, 0.05) is 16.9 Å². The number of aromatic nitrogens is 1. The highest BCUT2D eigenvalue weighted by atomic mass is 32.1. The molecule has 1 fully saturated rings. The van der Waals surface area contributed by atoms with E-state index in [2.05, 4.69) is 15.6 Å². The smallest absolute Gasteiger partial charge is 0.251 e. The standard InChI is InChI=1S/C22H20FN3O2S/c23-16-8-6-14(7-9-16)18-10-19(18)22(28)24-11-17-13-29-20(26-17)12-25-21(27)15-4-2-1-3-5-15/h1-9,13,18-19H,10-12H2,(H,24,28)(H,25,27)/t18-,19+/m0/s1. The number of carbonyl (C=O) groups is 2. The van der Waals surface area contributed by atoms with Crippen molar-refractivity contribution in [3.63, 3.8) is 0 Å². The van der Waals surface area contributed by atoms with Gasteiger partial charge in [0.05, 0.1) is 18.8 Å². The maximum absolute atomic E-state index is 13.0. The predicted molar refractivity (Wildman–Crippen MR) is 109 cm³/mol. The fourth-order valence-corrected chi connectivity index (χ4v) is 3.96. The van der Waals surface area contributed by atoms with E-state index in [9.17, 15) is 14.0 Å². The summed E-state index contributed by atoms with van der Waals surface area (Å²) in [6.45, 7) is 0.705. The van der Waals surface area contributed by atoms with Gasteiger partial charge in [-0.2, -0.15) is 0 Å². The first-order valence-electron chi connectivity index (χ1n) is 9.40. The van der Waals surface area contributed by atoms with E-state index in [1.807, 2.05) is 23.6 Å². The molecule has 2 amide bonds. The molecule has 5 nitrogen and oxygen atoms in total. The summed E-state index contributed by atoms with van der Waals surface area (Å²) in [7, 11) is 0. The van der Waals surface area contributed by atoms with Crippen molar-refractivity contribution in [1.29, 1.82) is 0 Å². The molecule has 0 aliphatic heterocycles. The average molecular weight is 409 g/mol. The van der Waals surface area contributed by atoms with Gasteiger partial charge in [0.25, 0.3) is 5.91 Å². The maximum atomic E-state index is 13.0. The van der Waals surface area contributed by atoms with Gasteiger partial charge in [-0.05, 0) is 42.2 Å². The summed E-state index contributed by atoms with van der Waals surface area (Å²) in [4.78, 5) is 28.9. The van der Waals surface area contributed by atoms with E-state index in [1.54, 1.807) is 24.3 Å². The lowest BCUT2D eigenvalue weighted by Crippen LogP contribution is -2.25. The van der Waals surface area contributed by atoms with Crippen LogP contribution in [0.1, 0.15) is 39.0 Å². The van der Waals surface area contributed by atoms with Crippen LogP contribution in [0, 0.1) is 11.7 Å². The van der Waals surface area contributed by atoms with Gasteiger partial charge in [0.1, 0.15) is 10.8 Å². The number of halogens is 1. The van der Waals surface area contributed by atoms with E-state index < -0.39 is 0 Å². The van der Waals surface area contributed by atoms with Crippen LogP contribution in [-0.2, 0) is 17.9 Å². The van der Waals surface area contributed by atoms with Crippen molar-refractivity contribution >= 4 is 23.2 Å². The monoisotopic (exact) mass is 409 g/mol. The number of amides is 2. The third-order valence-electron chi connectivity index (χ3n) is 4.90. The first-order valence-corrected chi connectivity index (χ1v) is 10.3. The molecule has 29 heavy (non-hydrogen) atoms. The van der Waals surface area contributed by atoms with Crippen LogP contribution in [0.3, 0.4) is 0 Å². The van der Waals surface area contributed by atoms with Crippen LogP contribution >= 0.6 is 11.3 Å². The van der Waals surface area contributed by atoms with Crippen LogP contribution in [0.15, 0.2) is 60.0 Å². The van der Waals surface area contributed by atoms with Gasteiger partial charge < -0.3 is 10.6 Å². The lowest BCUT2D eigenvalue weighted by molar-refractivity contribution is -0.122. The zero-order valence-corrected chi connectivity index (χ0v) is 16.4. The van der Waals surface area contributed by atoms with Gasteiger partial charge >= 0.3 is 0 Å². The van der Waals surface area contributed by atoms with Gasteiger partial charge in [-0.25, -0.2) is 9.37 Å². The van der Waals surface area contributed by atoms with Gasteiger partial charge in [-0.1, -0.05) is 30.3 Å². The van der Waals surface area contributed by atoms with Crippen molar-refractivity contribution in [2.45, 2.75) is 25.4 Å². The minimum atomic E-state index is -0.269. The summed E-state index contributed by atoms with van der Waals surface area (Å²) in [5.41, 5.74) is 2.37. The van der Waals surface area contributed by atoms with E-state index >= 15 is 0 Å². The molecule has 3 aromatic rings. The van der Waals surface area contributed by atoms with Crippen LogP contribution in [0.2, 0.25) is 0 Å². The van der Waals surface area contributed by atoms with E-state index in [1.165, 1.54) is 23.5 Å². The van der Waals surface area contributed by atoms with Gasteiger partial charge in [-0.3, -0.25) is 9.59 Å². The molecule has 1 aliphatic carbocycles. The molecule has 0 radical (unpaired) electrons. The minimum Gasteiger partial charge on any atom is -0.350 e. The lowest BCUT2D eigenvalue weighted by atomic mass is 10.1. The molecule has 1 aliphatic rings. The Bertz CT molecular complexity index is 1000. The van der Waals surface area contributed by atoms with Crippen molar-refractivity contribution in [2.75, 3.05) is 0 Å². The number of hydrogen-bond acceptors (Lipinski definition) is 4. The van der Waals surface area contributed by atoms with E-state index in [0.29, 0.717) is 18.7 Å². The van der Waals surface area contributed by atoms with Crippen LogP contribution < -0.4 is 10.6 Å². The Morgan fingerprint density at radius 2 is 1.79 bits per heavy atom. The van der Waals surface area contributed by atoms with E-state index in [4.69, 9.17) is 0 Å². The number of carbonyl (C=O) groups excluding carboxylic acids is 2. The van der Waals surface area contributed by atoms with Gasteiger partial charge in [0.15, 0.2) is 0 Å². The van der Waals surface area contributed by atoms with Crippen molar-refractivity contribution in [3.05, 3.63) is 87.6 Å². The maximum Gasteiger partial charge on any atom is 0.251 e. The Balaban J connectivity index is 1.23. The fraction of sp³-hybridized carbons (Fsp3) is 0.227. The van der Waals surface area contributed by atoms with Crippen molar-refractivity contribution in [3.8, 4) is 0 Å². The molecule has 7 heteroatoms. The molecular formula is C22H20FN3O2S. The van der Waals surface area contributed by atoms with Crippen LogP contribution in [0.4, 0.5) is 4.39 Å². The highest BCUT2D eigenvalue weighted by Gasteiger charge is 2.43. The molecule has 0 saturated heterocycles. The molecular weight excluding hydrogens is 389 g/mol. The Kier molecular flexibility index (Phi) is 5.67. The largest absolute Gasteiger partial charge is 0.350 e. The second kappa shape index (κ2) is 8.53. The number of rotatable bonds is 7. The Hall–Kier alpha value is -3.06. The van der Waals surface area contributed by atoms with Crippen molar-refractivity contribution < 1.29 is 14.0 Å². The van der Waals surface area contributed by atoms with Crippen molar-refractivity contribution in [1.82, 2.24) is 15.6 Å². The number of hydrogen-bond donors (Lipinski definition) is 2. The van der Waals surface area contributed by atoms with Crippen LogP contribution in [0.5, 0.6) is 0 Å². The van der Waals surface area contributed by atoms with Crippen LogP contribution in [-0.4, -0.2) is 16.8 Å². The topological polar surface area (TPSA) is 71.1 Å². The first-order chi connectivity index (χ1) is 14.1. The zero-order chi connectivity index (χ0) is 20.2. The molecule has 0 unspecified atom stereocenters. The third kappa shape index (κ3) is 4.86. The molecule has 1 heterocycles. The molecule has 2 N–H and O–H groups in total. The SMILES string of the molecule is O=C(NCc1nc(CNC(=O)[C@@H]2C[C@H]2c2ccc(F)cc2)cs1)c1ccccc1. The van der Waals surface area contributed by atoms with E-state index in [0.717, 1.165) is 22.7 Å². The summed E-state index contributed by atoms with van der Waals surface area (Å²) in [6, 6.07) is 15.4. The average Bonchev–Trinajstić information content (AvgIpc) is 3.42. The second-order valence-electron chi connectivity index (χ2n) is 7.00. The Morgan fingerprint density at radius 3 is 2.55 bits per heavy atom. The second-order valence-corrected chi connectivity index (χ2v) is 7.94. The molecule has 2 atom stereocenters. The van der Waals surface area contributed by atoms with Gasteiger partial charge in [0.2, 0.25) is 5.91 Å². The first kappa shape index (κ1) is 19.3. The van der Waals surface area contributed by atoms with E-state index in [-0.39, 0.29) is 29.5 Å². The molecule has 2 aromatic carbocycles. The molecule has 148 valence electrons. The number of nitrogens with zero attached hydrogens (tertiary/aromatic N) is 1. The fourth-order valence-electron chi connectivity index (χ4n) is 3.23. The van der Waals surface area contributed by atoms with Gasteiger partial charge in [-0.15, -0.1) is 11.3 Å². The summed E-state index contributed by atoms with van der Waals surface area (Å²) < 4.78 is 13.0. The summed E-state index contributed by atoms with van der Waals surface area (Å²) in [5.74, 6) is -0.323. The Morgan fingerprint density at radius 1 is 1.03 bits per heavy atom. The minimum absolute atomic E-state index is 0.00810.